The summed E-state index contributed by atoms with van der Waals surface area (Å²) >= 11 is 0. The van der Waals surface area contributed by atoms with Gasteiger partial charge in [-0.3, -0.25) is 9.59 Å². The molecule has 1 fully saturated rings. The molecular weight excluding hydrogens is 330 g/mol. The van der Waals surface area contributed by atoms with Crippen molar-refractivity contribution in [3.05, 3.63) is 60.7 Å². The number of benzene rings is 2. The third kappa shape index (κ3) is 3.44. The first-order valence-corrected chi connectivity index (χ1v) is 8.55. The van der Waals surface area contributed by atoms with Crippen LogP contribution in [0, 0.1) is 0 Å². The lowest BCUT2D eigenvalue weighted by Crippen LogP contribution is -2.42. The third-order valence-corrected chi connectivity index (χ3v) is 4.26. The zero-order valence-electron chi connectivity index (χ0n) is 14.8. The fraction of sp³-hybridized carbons (Fsp3) is 0.250. The molecule has 4 amide bonds. The van der Waals surface area contributed by atoms with E-state index in [0.717, 1.165) is 4.90 Å². The zero-order chi connectivity index (χ0) is 18.7. The van der Waals surface area contributed by atoms with Crippen LogP contribution < -0.4 is 10.2 Å². The molecule has 1 aliphatic rings. The summed E-state index contributed by atoms with van der Waals surface area (Å²) in [6.45, 7) is 3.67. The highest BCUT2D eigenvalue weighted by molar-refractivity contribution is 6.22. The lowest BCUT2D eigenvalue weighted by atomic mass is 10.1. The molecule has 0 saturated carbocycles. The Morgan fingerprint density at radius 1 is 1.00 bits per heavy atom. The smallest absolute Gasteiger partial charge is 0.326 e. The Balaban J connectivity index is 1.81. The summed E-state index contributed by atoms with van der Waals surface area (Å²) in [7, 11) is 0. The molecule has 0 spiro atoms. The first kappa shape index (κ1) is 17.7. The van der Waals surface area contributed by atoms with Crippen molar-refractivity contribution >= 4 is 29.2 Å². The Bertz CT molecular complexity index is 806. The molecule has 0 unspecified atom stereocenters. The number of carbonyl (C=O) groups excluding carboxylic acids is 3. The summed E-state index contributed by atoms with van der Waals surface area (Å²) in [5, 5.41) is 2.77. The van der Waals surface area contributed by atoms with Crippen LogP contribution >= 0.6 is 0 Å². The Morgan fingerprint density at radius 3 is 2.15 bits per heavy atom. The van der Waals surface area contributed by atoms with Gasteiger partial charge in [-0.15, -0.1) is 0 Å². The topological polar surface area (TPSA) is 69.7 Å². The number of hydrogen-bond donors (Lipinski definition) is 1. The molecule has 0 aromatic heterocycles. The lowest BCUT2D eigenvalue weighted by Gasteiger charge is -2.25. The first-order chi connectivity index (χ1) is 12.5. The van der Waals surface area contributed by atoms with Gasteiger partial charge in [-0.2, -0.15) is 0 Å². The van der Waals surface area contributed by atoms with Crippen LogP contribution in [0.5, 0.6) is 0 Å². The minimum atomic E-state index is -0.814. The predicted octanol–water partition coefficient (Wildman–Crippen LogP) is 3.26. The summed E-state index contributed by atoms with van der Waals surface area (Å²) < 4.78 is 0. The highest BCUT2D eigenvalue weighted by atomic mass is 16.2. The molecule has 6 nitrogen and oxygen atoms in total. The number of para-hydroxylation sites is 2. The van der Waals surface area contributed by atoms with Crippen molar-refractivity contribution < 1.29 is 14.4 Å². The van der Waals surface area contributed by atoms with Crippen molar-refractivity contribution in [2.45, 2.75) is 32.4 Å². The summed E-state index contributed by atoms with van der Waals surface area (Å²) in [4.78, 5) is 40.7. The minimum absolute atomic E-state index is 0.0824. The van der Waals surface area contributed by atoms with E-state index in [2.05, 4.69) is 5.32 Å². The SMILES string of the molecule is CC(C)N1C(=O)N(c2ccccc2)C(=O)[C@@H]1CC(=O)Nc1ccccc1. The van der Waals surface area contributed by atoms with Gasteiger partial charge in [-0.05, 0) is 38.1 Å². The van der Waals surface area contributed by atoms with Gasteiger partial charge in [-0.25, -0.2) is 9.69 Å². The Hall–Kier alpha value is -3.15. The first-order valence-electron chi connectivity index (χ1n) is 8.55. The molecule has 0 bridgehead atoms. The largest absolute Gasteiger partial charge is 0.332 e. The fourth-order valence-corrected chi connectivity index (χ4v) is 3.10. The average Bonchev–Trinajstić information content (AvgIpc) is 2.86. The van der Waals surface area contributed by atoms with Crippen LogP contribution in [0.25, 0.3) is 0 Å². The Labute approximate surface area is 152 Å². The molecule has 1 aliphatic heterocycles. The molecular formula is C20H21N3O3. The molecule has 26 heavy (non-hydrogen) atoms. The second-order valence-electron chi connectivity index (χ2n) is 6.43. The molecule has 1 saturated heterocycles. The molecule has 1 heterocycles. The second kappa shape index (κ2) is 7.39. The van der Waals surface area contributed by atoms with Crippen LogP contribution in [0.4, 0.5) is 16.2 Å². The van der Waals surface area contributed by atoms with E-state index in [9.17, 15) is 14.4 Å². The van der Waals surface area contributed by atoms with Gasteiger partial charge in [0.15, 0.2) is 0 Å². The Morgan fingerprint density at radius 2 is 1.58 bits per heavy atom. The summed E-state index contributed by atoms with van der Waals surface area (Å²) in [5.74, 6) is -0.680. The van der Waals surface area contributed by atoms with Crippen LogP contribution in [-0.2, 0) is 9.59 Å². The van der Waals surface area contributed by atoms with Gasteiger partial charge < -0.3 is 10.2 Å². The average molecular weight is 351 g/mol. The van der Waals surface area contributed by atoms with E-state index < -0.39 is 12.1 Å². The normalized spacial score (nSPS) is 17.1. The number of carbonyl (C=O) groups is 3. The number of urea groups is 1. The van der Waals surface area contributed by atoms with E-state index >= 15 is 0 Å². The van der Waals surface area contributed by atoms with Crippen molar-refractivity contribution in [3.8, 4) is 0 Å². The maximum atomic E-state index is 12.9. The molecule has 2 aromatic rings. The second-order valence-corrected chi connectivity index (χ2v) is 6.43. The summed E-state index contributed by atoms with van der Waals surface area (Å²) in [6.07, 6.45) is -0.0824. The van der Waals surface area contributed by atoms with E-state index in [1.165, 1.54) is 4.90 Å². The van der Waals surface area contributed by atoms with Crippen LogP contribution in [0.1, 0.15) is 20.3 Å². The lowest BCUT2D eigenvalue weighted by molar-refractivity contribution is -0.124. The molecule has 2 aromatic carbocycles. The van der Waals surface area contributed by atoms with Gasteiger partial charge in [0.2, 0.25) is 5.91 Å². The van der Waals surface area contributed by atoms with Crippen molar-refractivity contribution in [3.63, 3.8) is 0 Å². The molecule has 134 valence electrons. The van der Waals surface area contributed by atoms with Crippen LogP contribution in [0.2, 0.25) is 0 Å². The van der Waals surface area contributed by atoms with Gasteiger partial charge in [0.25, 0.3) is 5.91 Å². The highest BCUT2D eigenvalue weighted by Crippen LogP contribution is 2.28. The van der Waals surface area contributed by atoms with Crippen molar-refractivity contribution in [2.75, 3.05) is 10.2 Å². The number of amides is 4. The van der Waals surface area contributed by atoms with E-state index in [4.69, 9.17) is 0 Å². The minimum Gasteiger partial charge on any atom is -0.326 e. The molecule has 0 radical (unpaired) electrons. The summed E-state index contributed by atoms with van der Waals surface area (Å²) in [6, 6.07) is 16.4. The number of imide groups is 1. The fourth-order valence-electron chi connectivity index (χ4n) is 3.10. The molecule has 1 atom stereocenters. The third-order valence-electron chi connectivity index (χ3n) is 4.26. The highest BCUT2D eigenvalue weighted by Gasteiger charge is 2.47. The number of anilines is 2. The van der Waals surface area contributed by atoms with E-state index in [0.29, 0.717) is 11.4 Å². The van der Waals surface area contributed by atoms with Gasteiger partial charge in [0, 0.05) is 11.7 Å². The van der Waals surface area contributed by atoms with Gasteiger partial charge in [-0.1, -0.05) is 36.4 Å². The van der Waals surface area contributed by atoms with E-state index in [-0.39, 0.29) is 24.3 Å². The molecule has 1 N–H and O–H groups in total. The standard InChI is InChI=1S/C20H21N3O3/c1-14(2)22-17(13-18(24)21-15-9-5-3-6-10-15)19(25)23(20(22)26)16-11-7-4-8-12-16/h3-12,14,17H,13H2,1-2H3,(H,21,24)/t17-/m0/s1. The molecule has 3 rings (SSSR count). The van der Waals surface area contributed by atoms with Gasteiger partial charge >= 0.3 is 6.03 Å². The molecule has 0 aliphatic carbocycles. The summed E-state index contributed by atoms with van der Waals surface area (Å²) in [5.41, 5.74) is 1.17. The van der Waals surface area contributed by atoms with E-state index in [1.807, 2.05) is 38.1 Å². The predicted molar refractivity (Wildman–Crippen MR) is 99.8 cm³/mol. The maximum absolute atomic E-state index is 12.9. The number of nitrogens with one attached hydrogen (secondary N) is 1. The Kier molecular flexibility index (Phi) is 5.02. The van der Waals surface area contributed by atoms with E-state index in [1.54, 1.807) is 36.4 Å². The molecule has 6 heteroatoms. The van der Waals surface area contributed by atoms with Gasteiger partial charge in [0.1, 0.15) is 6.04 Å². The zero-order valence-corrected chi connectivity index (χ0v) is 14.8. The number of nitrogens with zero attached hydrogens (tertiary/aromatic N) is 2. The van der Waals surface area contributed by atoms with Crippen molar-refractivity contribution in [1.29, 1.82) is 0 Å². The van der Waals surface area contributed by atoms with Gasteiger partial charge in [0.05, 0.1) is 12.1 Å². The van der Waals surface area contributed by atoms with Crippen LogP contribution in [0.15, 0.2) is 60.7 Å². The van der Waals surface area contributed by atoms with Crippen LogP contribution in [0.3, 0.4) is 0 Å². The quantitative estimate of drug-likeness (QED) is 0.841. The van der Waals surface area contributed by atoms with Crippen molar-refractivity contribution in [2.24, 2.45) is 0 Å². The number of hydrogen-bond acceptors (Lipinski definition) is 3. The van der Waals surface area contributed by atoms with Crippen LogP contribution in [-0.4, -0.2) is 34.8 Å². The van der Waals surface area contributed by atoms with Crippen molar-refractivity contribution in [1.82, 2.24) is 4.90 Å². The number of rotatable bonds is 5. The monoisotopic (exact) mass is 351 g/mol. The maximum Gasteiger partial charge on any atom is 0.332 e.